The van der Waals surface area contributed by atoms with Crippen LogP contribution in [0, 0.1) is 5.82 Å². The first kappa shape index (κ1) is 33.3. The standard InChI is InChI=1S/C36H42FN7O3/c1-8-24-28(37)12-11-21-15-23(45)17-26(31(21)24)27-18-30-32(25(9-2)33(27)40-20(3)4)34(42-36(41-30)47-7)44-14-10-13-39-22(19-44)16-29(38)35(46)43(5)6/h9,11-12,15-18,20,45H,8,10,13-14,19,38H2,1-7H3/b25-9-,29-16-,40-33?. The van der Waals surface area contributed by atoms with Gasteiger partial charge in [-0.3, -0.25) is 14.8 Å². The first-order valence-corrected chi connectivity index (χ1v) is 15.8. The summed E-state index contributed by atoms with van der Waals surface area (Å²) in [5.41, 5.74) is 11.7. The van der Waals surface area contributed by atoms with Crippen molar-refractivity contribution >= 4 is 51.1 Å². The molecule has 1 amide bonds. The second-order valence-electron chi connectivity index (χ2n) is 12.0. The number of carbonyl (C=O) groups is 1. The highest BCUT2D eigenvalue weighted by Gasteiger charge is 2.32. The highest BCUT2D eigenvalue weighted by atomic mass is 19.1. The van der Waals surface area contributed by atoms with Crippen molar-refractivity contribution in [1.29, 1.82) is 0 Å². The number of aromatic nitrogens is 2. The monoisotopic (exact) mass is 639 g/mol. The Balaban J connectivity index is 1.77. The van der Waals surface area contributed by atoms with Crippen LogP contribution in [0.25, 0.3) is 28.0 Å². The molecule has 0 fully saturated rings. The lowest BCUT2D eigenvalue weighted by molar-refractivity contribution is -0.124. The van der Waals surface area contributed by atoms with Gasteiger partial charge in [-0.2, -0.15) is 9.97 Å². The van der Waals surface area contributed by atoms with Crippen LogP contribution in [0.4, 0.5) is 10.2 Å². The van der Waals surface area contributed by atoms with Gasteiger partial charge in [-0.1, -0.05) is 19.1 Å². The van der Waals surface area contributed by atoms with Crippen LogP contribution >= 0.6 is 0 Å². The predicted molar refractivity (Wildman–Crippen MR) is 188 cm³/mol. The number of methoxy groups -OCH3 is 1. The van der Waals surface area contributed by atoms with E-state index >= 15 is 4.39 Å². The molecular weight excluding hydrogens is 597 g/mol. The molecule has 0 atom stereocenters. The number of ether oxygens (including phenoxy) is 1. The number of nitrogens with two attached hydrogens (primary N) is 1. The number of likely N-dealkylation sites (N-methyl/N-ethyl adjacent to an activating group) is 1. The number of fused-ring (bicyclic) bond motifs is 2. The van der Waals surface area contributed by atoms with Crippen LogP contribution in [0.3, 0.4) is 0 Å². The van der Waals surface area contributed by atoms with E-state index in [1.54, 1.807) is 38.4 Å². The smallest absolute Gasteiger partial charge is 0.318 e. The Labute approximate surface area is 274 Å². The molecule has 2 aromatic carbocycles. The van der Waals surface area contributed by atoms with E-state index < -0.39 is 0 Å². The number of aryl methyl sites for hydroxylation is 1. The summed E-state index contributed by atoms with van der Waals surface area (Å²) in [5, 5.41) is 12.3. The average Bonchev–Trinajstić information content (AvgIpc) is 3.28. The molecule has 5 rings (SSSR count). The first-order valence-electron chi connectivity index (χ1n) is 15.8. The zero-order chi connectivity index (χ0) is 34.0. The van der Waals surface area contributed by atoms with E-state index in [-0.39, 0.29) is 35.2 Å². The first-order chi connectivity index (χ1) is 22.5. The molecular formula is C36H42FN7O3. The van der Waals surface area contributed by atoms with Crippen molar-refractivity contribution in [3.05, 3.63) is 70.3 Å². The molecule has 0 spiro atoms. The van der Waals surface area contributed by atoms with E-state index in [1.165, 1.54) is 18.1 Å². The Morgan fingerprint density at radius 1 is 1.26 bits per heavy atom. The molecule has 0 radical (unpaired) electrons. The van der Waals surface area contributed by atoms with Crippen LogP contribution in [0.5, 0.6) is 11.8 Å². The minimum absolute atomic E-state index is 0.0659. The number of hydrogen-bond acceptors (Lipinski definition) is 9. The molecule has 47 heavy (non-hydrogen) atoms. The number of aliphatic imine (C=N–C) groups is 2. The number of rotatable bonds is 7. The summed E-state index contributed by atoms with van der Waals surface area (Å²) in [6, 6.07) is 6.55. The predicted octanol–water partition coefficient (Wildman–Crippen LogP) is 5.43. The van der Waals surface area contributed by atoms with Gasteiger partial charge in [-0.15, -0.1) is 0 Å². The zero-order valence-electron chi connectivity index (χ0n) is 28.1. The summed E-state index contributed by atoms with van der Waals surface area (Å²) in [4.78, 5) is 35.5. The number of phenolic OH excluding ortho intramolecular Hbond substituents is 1. The third-order valence-electron chi connectivity index (χ3n) is 8.14. The number of benzene rings is 2. The quantitative estimate of drug-likeness (QED) is 0.330. The van der Waals surface area contributed by atoms with E-state index in [9.17, 15) is 9.90 Å². The molecule has 246 valence electrons. The lowest BCUT2D eigenvalue weighted by atomic mass is 9.82. The van der Waals surface area contributed by atoms with Crippen LogP contribution in [0.1, 0.15) is 56.5 Å². The minimum Gasteiger partial charge on any atom is -0.508 e. The molecule has 3 N–H and O–H groups in total. The normalized spacial score (nSPS) is 17.1. The maximum atomic E-state index is 15.2. The van der Waals surface area contributed by atoms with E-state index in [0.717, 1.165) is 28.3 Å². The van der Waals surface area contributed by atoms with Crippen molar-refractivity contribution in [3.63, 3.8) is 0 Å². The van der Waals surface area contributed by atoms with Gasteiger partial charge in [0.15, 0.2) is 0 Å². The van der Waals surface area contributed by atoms with Gasteiger partial charge in [0, 0.05) is 44.4 Å². The number of nitrogens with zero attached hydrogens (tertiary/aromatic N) is 6. The number of phenols is 1. The van der Waals surface area contributed by atoms with Gasteiger partial charge in [0.2, 0.25) is 0 Å². The highest BCUT2D eigenvalue weighted by molar-refractivity contribution is 6.50. The van der Waals surface area contributed by atoms with E-state index in [0.29, 0.717) is 65.7 Å². The Morgan fingerprint density at radius 2 is 2.02 bits per heavy atom. The minimum atomic E-state index is -0.302. The second kappa shape index (κ2) is 13.7. The Kier molecular flexibility index (Phi) is 9.74. The van der Waals surface area contributed by atoms with Crippen LogP contribution < -0.4 is 15.4 Å². The van der Waals surface area contributed by atoms with Crippen molar-refractivity contribution in [2.24, 2.45) is 15.7 Å². The summed E-state index contributed by atoms with van der Waals surface area (Å²) >= 11 is 0. The van der Waals surface area contributed by atoms with E-state index in [4.69, 9.17) is 30.4 Å². The highest BCUT2D eigenvalue weighted by Crippen LogP contribution is 2.44. The largest absolute Gasteiger partial charge is 0.508 e. The van der Waals surface area contributed by atoms with Crippen molar-refractivity contribution in [3.8, 4) is 11.8 Å². The van der Waals surface area contributed by atoms with Gasteiger partial charge in [0.25, 0.3) is 5.91 Å². The molecule has 3 aromatic rings. The Morgan fingerprint density at radius 3 is 2.68 bits per heavy atom. The fourth-order valence-electron chi connectivity index (χ4n) is 6.12. The number of anilines is 1. The molecule has 0 bridgehead atoms. The molecule has 0 saturated heterocycles. The SMILES string of the molecule is C/C=C1\C(=NC(C)C)C(c2cc(O)cc3ccc(F)c(CC)c23)=Cc2nc(OC)nc(N3CCCN=C(/C=C(\N)C(=O)N(C)C)C3)c21. The van der Waals surface area contributed by atoms with Crippen LogP contribution in [-0.4, -0.2) is 84.2 Å². The molecule has 1 aliphatic heterocycles. The summed E-state index contributed by atoms with van der Waals surface area (Å²) in [6.45, 7) is 9.42. The summed E-state index contributed by atoms with van der Waals surface area (Å²) in [6.07, 6.45) is 6.76. The Hall–Kier alpha value is -5.06. The molecule has 1 aromatic heterocycles. The number of amides is 1. The fraction of sp³-hybridized carbons (Fsp3) is 0.361. The summed E-state index contributed by atoms with van der Waals surface area (Å²) in [5.74, 6) is 0.104. The van der Waals surface area contributed by atoms with E-state index in [2.05, 4.69) is 4.90 Å². The second-order valence-corrected chi connectivity index (χ2v) is 12.0. The molecule has 2 aliphatic rings. The lowest BCUT2D eigenvalue weighted by Crippen LogP contribution is -2.33. The van der Waals surface area contributed by atoms with Gasteiger partial charge >= 0.3 is 6.01 Å². The van der Waals surface area contributed by atoms with Crippen molar-refractivity contribution in [2.45, 2.75) is 46.6 Å². The summed E-state index contributed by atoms with van der Waals surface area (Å²) < 4.78 is 20.8. The molecule has 1 aliphatic carbocycles. The van der Waals surface area contributed by atoms with Crippen molar-refractivity contribution in [2.75, 3.05) is 45.7 Å². The number of halogens is 1. The van der Waals surface area contributed by atoms with Crippen molar-refractivity contribution < 1.29 is 19.0 Å². The van der Waals surface area contributed by atoms with Crippen LogP contribution in [0.15, 0.2) is 52.1 Å². The molecule has 0 saturated carbocycles. The van der Waals surface area contributed by atoms with Crippen molar-refractivity contribution in [1.82, 2.24) is 14.9 Å². The number of aromatic hydroxyl groups is 1. The average molecular weight is 640 g/mol. The lowest BCUT2D eigenvalue weighted by Gasteiger charge is -2.30. The van der Waals surface area contributed by atoms with Gasteiger partial charge in [0.1, 0.15) is 17.4 Å². The number of allylic oxidation sites excluding steroid dienone is 3. The molecule has 0 unspecified atom stereocenters. The van der Waals surface area contributed by atoms with Crippen LogP contribution in [0.2, 0.25) is 0 Å². The zero-order valence-corrected chi connectivity index (χ0v) is 28.1. The Bertz CT molecular complexity index is 1890. The van der Waals surface area contributed by atoms with Gasteiger partial charge in [-0.25, -0.2) is 4.39 Å². The number of hydrogen-bond donors (Lipinski definition) is 2. The third-order valence-corrected chi connectivity index (χ3v) is 8.14. The third kappa shape index (κ3) is 6.61. The molecule has 10 nitrogen and oxygen atoms in total. The van der Waals surface area contributed by atoms with Gasteiger partial charge in [0.05, 0.1) is 42.0 Å². The maximum absolute atomic E-state index is 15.2. The van der Waals surface area contributed by atoms with Gasteiger partial charge < -0.3 is 25.4 Å². The fourth-order valence-corrected chi connectivity index (χ4v) is 6.12. The number of carbonyl (C=O) groups excluding carboxylic acids is 1. The molecule has 11 heteroatoms. The molecule has 2 heterocycles. The topological polar surface area (TPSA) is 130 Å². The summed E-state index contributed by atoms with van der Waals surface area (Å²) in [7, 11) is 4.82. The maximum Gasteiger partial charge on any atom is 0.318 e. The van der Waals surface area contributed by atoms with E-state index in [1.807, 2.05) is 39.8 Å². The van der Waals surface area contributed by atoms with Gasteiger partial charge in [-0.05, 0) is 85.9 Å². The van der Waals surface area contributed by atoms with Crippen LogP contribution in [-0.2, 0) is 11.2 Å².